The molecule has 144 valence electrons. The highest BCUT2D eigenvalue weighted by atomic mass is 35.5. The topological polar surface area (TPSA) is 28.6 Å². The summed E-state index contributed by atoms with van der Waals surface area (Å²) in [6, 6.07) is 8.80. The van der Waals surface area contributed by atoms with Gasteiger partial charge in [-0.25, -0.2) is 4.98 Å². The van der Waals surface area contributed by atoms with Crippen LogP contribution in [0.4, 0.5) is 5.69 Å². The quantitative estimate of drug-likeness (QED) is 0.712. The van der Waals surface area contributed by atoms with E-state index in [1.807, 2.05) is 0 Å². The fourth-order valence-corrected chi connectivity index (χ4v) is 4.78. The average Bonchev–Trinajstić information content (AvgIpc) is 3.14. The molecule has 0 atom stereocenters. The summed E-state index contributed by atoms with van der Waals surface area (Å²) in [7, 11) is 4.32. The molecule has 2 aromatic rings. The van der Waals surface area contributed by atoms with Gasteiger partial charge in [-0.05, 0) is 52.9 Å². The second kappa shape index (κ2) is 9.18. The average molecular weight is 396 g/mol. The van der Waals surface area contributed by atoms with Gasteiger partial charge in [-0.15, -0.1) is 23.7 Å². The number of hydrogen-bond acceptors (Lipinski definition) is 5. The van der Waals surface area contributed by atoms with Crippen LogP contribution < -0.4 is 4.90 Å². The number of anilines is 1. The van der Waals surface area contributed by atoms with Gasteiger partial charge < -0.3 is 9.64 Å². The first kappa shape index (κ1) is 21.2. The Morgan fingerprint density at radius 1 is 1.08 bits per heavy atom. The fourth-order valence-electron chi connectivity index (χ4n) is 3.61. The number of nitrogens with zero attached hydrogens (tertiary/aromatic N) is 3. The lowest BCUT2D eigenvalue weighted by molar-refractivity contribution is -0.0106. The summed E-state index contributed by atoms with van der Waals surface area (Å²) < 4.78 is 5.59. The van der Waals surface area contributed by atoms with Crippen LogP contribution in [0, 0.1) is 0 Å². The number of halogens is 1. The summed E-state index contributed by atoms with van der Waals surface area (Å²) in [5, 5.41) is 3.41. The van der Waals surface area contributed by atoms with Gasteiger partial charge in [-0.2, -0.15) is 0 Å². The van der Waals surface area contributed by atoms with Crippen LogP contribution in [-0.2, 0) is 10.3 Å². The van der Waals surface area contributed by atoms with E-state index in [1.54, 1.807) is 11.3 Å². The third-order valence-corrected chi connectivity index (χ3v) is 6.41. The van der Waals surface area contributed by atoms with E-state index in [1.165, 1.54) is 16.3 Å². The maximum absolute atomic E-state index is 5.59. The van der Waals surface area contributed by atoms with Crippen LogP contribution in [0.1, 0.15) is 31.7 Å². The van der Waals surface area contributed by atoms with Crippen molar-refractivity contribution >= 4 is 29.4 Å². The van der Waals surface area contributed by atoms with Crippen molar-refractivity contribution in [3.05, 3.63) is 34.7 Å². The Morgan fingerprint density at radius 3 is 2.23 bits per heavy atom. The van der Waals surface area contributed by atoms with E-state index in [4.69, 9.17) is 9.72 Å². The highest BCUT2D eigenvalue weighted by molar-refractivity contribution is 7.10. The van der Waals surface area contributed by atoms with E-state index >= 15 is 0 Å². The molecular weight excluding hydrogens is 366 g/mol. The van der Waals surface area contributed by atoms with Crippen LogP contribution in [0.2, 0.25) is 0 Å². The van der Waals surface area contributed by atoms with Crippen LogP contribution in [0.15, 0.2) is 29.6 Å². The van der Waals surface area contributed by atoms with Gasteiger partial charge in [0.25, 0.3) is 0 Å². The summed E-state index contributed by atoms with van der Waals surface area (Å²) in [6.45, 7) is 8.07. The molecule has 0 bridgehead atoms. The lowest BCUT2D eigenvalue weighted by Gasteiger charge is -2.41. The molecule has 1 saturated heterocycles. The normalized spacial score (nSPS) is 16.3. The molecule has 0 saturated carbocycles. The Bertz CT molecular complexity index is 677. The first-order valence-electron chi connectivity index (χ1n) is 9.17. The predicted octanol–water partition coefficient (Wildman–Crippen LogP) is 4.65. The smallest absolute Gasteiger partial charge is 0.114 e. The third kappa shape index (κ3) is 4.06. The van der Waals surface area contributed by atoms with E-state index in [0.29, 0.717) is 0 Å². The third-order valence-electron chi connectivity index (χ3n) is 5.37. The first-order valence-corrected chi connectivity index (χ1v) is 10.0. The minimum absolute atomic E-state index is 0. The van der Waals surface area contributed by atoms with Crippen LogP contribution >= 0.6 is 23.7 Å². The molecule has 26 heavy (non-hydrogen) atoms. The maximum atomic E-state index is 5.59. The zero-order valence-corrected chi connectivity index (χ0v) is 17.8. The highest BCUT2D eigenvalue weighted by Gasteiger charge is 2.39. The molecule has 6 heteroatoms. The molecule has 0 spiro atoms. The first-order chi connectivity index (χ1) is 12.1. The molecule has 0 unspecified atom stereocenters. The zero-order valence-electron chi connectivity index (χ0n) is 16.2. The van der Waals surface area contributed by atoms with Gasteiger partial charge in [0, 0.05) is 42.9 Å². The monoisotopic (exact) mass is 395 g/mol. The van der Waals surface area contributed by atoms with Crippen molar-refractivity contribution in [1.82, 2.24) is 9.88 Å². The van der Waals surface area contributed by atoms with Crippen molar-refractivity contribution in [3.8, 4) is 11.3 Å². The summed E-state index contributed by atoms with van der Waals surface area (Å²) in [5.74, 6) is 0. The standard InChI is InChI=1S/C20H29N3OS.ClH/c1-5-23(6-2)17-9-7-16(8-10-17)18-15-25-19(21-18)20(22(3)4)11-13-24-14-12-20;/h7-10,15H,5-6,11-14H2,1-4H3;1H. The molecule has 0 N–H and O–H groups in total. The lowest BCUT2D eigenvalue weighted by atomic mass is 9.89. The molecule has 4 nitrogen and oxygen atoms in total. The predicted molar refractivity (Wildman–Crippen MR) is 114 cm³/mol. The number of hydrogen-bond donors (Lipinski definition) is 0. The number of ether oxygens (including phenoxy) is 1. The van der Waals surface area contributed by atoms with Gasteiger partial charge in [0.15, 0.2) is 0 Å². The number of rotatable bonds is 6. The van der Waals surface area contributed by atoms with Crippen molar-refractivity contribution in [2.75, 3.05) is 45.3 Å². The van der Waals surface area contributed by atoms with Crippen molar-refractivity contribution < 1.29 is 4.74 Å². The molecule has 1 aliphatic heterocycles. The summed E-state index contributed by atoms with van der Waals surface area (Å²) >= 11 is 1.78. The van der Waals surface area contributed by atoms with E-state index in [2.05, 4.69) is 67.4 Å². The van der Waals surface area contributed by atoms with Gasteiger partial charge in [0.1, 0.15) is 5.01 Å². The minimum Gasteiger partial charge on any atom is -0.381 e. The molecular formula is C20H30ClN3OS. The Hall–Kier alpha value is -1.14. The number of benzene rings is 1. The summed E-state index contributed by atoms with van der Waals surface area (Å²) in [6.07, 6.45) is 2.02. The minimum atomic E-state index is 0. The Balaban J connectivity index is 0.00000243. The van der Waals surface area contributed by atoms with Gasteiger partial charge in [0.2, 0.25) is 0 Å². The lowest BCUT2D eigenvalue weighted by Crippen LogP contribution is -2.45. The van der Waals surface area contributed by atoms with E-state index in [9.17, 15) is 0 Å². The SMILES string of the molecule is CCN(CC)c1ccc(-c2csc(C3(N(C)C)CCOCC3)n2)cc1.Cl. The summed E-state index contributed by atoms with van der Waals surface area (Å²) in [5.41, 5.74) is 3.57. The van der Waals surface area contributed by atoms with Gasteiger partial charge in [-0.1, -0.05) is 12.1 Å². The highest BCUT2D eigenvalue weighted by Crippen LogP contribution is 2.39. The summed E-state index contributed by atoms with van der Waals surface area (Å²) in [4.78, 5) is 9.70. The fraction of sp³-hybridized carbons (Fsp3) is 0.550. The molecule has 0 radical (unpaired) electrons. The van der Waals surface area contributed by atoms with Crippen molar-refractivity contribution in [2.24, 2.45) is 0 Å². The van der Waals surface area contributed by atoms with Crippen LogP contribution in [0.5, 0.6) is 0 Å². The van der Waals surface area contributed by atoms with E-state index in [-0.39, 0.29) is 17.9 Å². The molecule has 1 fully saturated rings. The van der Waals surface area contributed by atoms with E-state index < -0.39 is 0 Å². The molecule has 3 rings (SSSR count). The Morgan fingerprint density at radius 2 is 1.69 bits per heavy atom. The van der Waals surface area contributed by atoms with Gasteiger partial charge in [0.05, 0.1) is 11.2 Å². The largest absolute Gasteiger partial charge is 0.381 e. The Kier molecular flexibility index (Phi) is 7.47. The van der Waals surface area contributed by atoms with Crippen molar-refractivity contribution in [1.29, 1.82) is 0 Å². The maximum Gasteiger partial charge on any atom is 0.114 e. The molecule has 1 aromatic carbocycles. The second-order valence-electron chi connectivity index (χ2n) is 6.80. The molecule has 1 aliphatic rings. The van der Waals surface area contributed by atoms with E-state index in [0.717, 1.165) is 44.8 Å². The van der Waals surface area contributed by atoms with Crippen LogP contribution in [0.3, 0.4) is 0 Å². The molecule has 1 aromatic heterocycles. The molecule has 0 amide bonds. The second-order valence-corrected chi connectivity index (χ2v) is 7.65. The van der Waals surface area contributed by atoms with Gasteiger partial charge >= 0.3 is 0 Å². The van der Waals surface area contributed by atoms with Crippen LogP contribution in [0.25, 0.3) is 11.3 Å². The van der Waals surface area contributed by atoms with Crippen LogP contribution in [-0.4, -0.2) is 50.3 Å². The van der Waals surface area contributed by atoms with Crippen molar-refractivity contribution in [3.63, 3.8) is 0 Å². The Labute approximate surface area is 167 Å². The van der Waals surface area contributed by atoms with Crippen molar-refractivity contribution in [2.45, 2.75) is 32.2 Å². The number of thiazole rings is 1. The zero-order chi connectivity index (χ0) is 17.9. The molecule has 0 aliphatic carbocycles. The van der Waals surface area contributed by atoms with Gasteiger partial charge in [-0.3, -0.25) is 4.90 Å². The molecule has 2 heterocycles. The number of aromatic nitrogens is 1.